The van der Waals surface area contributed by atoms with Crippen LogP contribution in [0.1, 0.15) is 12.0 Å². The molecule has 1 N–H and O–H groups in total. The molecule has 0 aromatic carbocycles. The highest BCUT2D eigenvalue weighted by Gasteiger charge is 2.17. The van der Waals surface area contributed by atoms with Crippen LogP contribution in [-0.4, -0.2) is 22.2 Å². The van der Waals surface area contributed by atoms with E-state index < -0.39 is 5.56 Å². The van der Waals surface area contributed by atoms with Gasteiger partial charge in [-0.25, -0.2) is 4.79 Å². The molecule has 6 nitrogen and oxygen atoms in total. The lowest BCUT2D eigenvalue weighted by molar-refractivity contribution is 0.454. The van der Waals surface area contributed by atoms with Crippen molar-refractivity contribution < 1.29 is 0 Å². The fourth-order valence-electron chi connectivity index (χ4n) is 2.08. The molecule has 0 unspecified atom stereocenters. The van der Waals surface area contributed by atoms with Gasteiger partial charge >= 0.3 is 5.69 Å². The molecule has 0 aliphatic carbocycles. The van der Waals surface area contributed by atoms with Crippen molar-refractivity contribution >= 4 is 0 Å². The average molecular weight is 234 g/mol. The summed E-state index contributed by atoms with van der Waals surface area (Å²) in [6.45, 7) is 2.38. The van der Waals surface area contributed by atoms with Crippen molar-refractivity contribution in [2.75, 3.05) is 13.1 Å². The lowest BCUT2D eigenvalue weighted by Gasteiger charge is -2.12. The molecule has 0 radical (unpaired) electrons. The summed E-state index contributed by atoms with van der Waals surface area (Å²) in [6.07, 6.45) is 2.38. The highest BCUT2D eigenvalue weighted by atomic mass is 16.2. The van der Waals surface area contributed by atoms with E-state index in [-0.39, 0.29) is 11.3 Å². The fourth-order valence-corrected chi connectivity index (χ4v) is 2.08. The first-order valence-electron chi connectivity index (χ1n) is 5.54. The van der Waals surface area contributed by atoms with Gasteiger partial charge in [-0.2, -0.15) is 5.26 Å². The Balaban J connectivity index is 2.40. The third-order valence-corrected chi connectivity index (χ3v) is 3.09. The standard InChI is InChI=1S/C11H14N4O2/c1-14-10(16)9(4-12)7-15(11(14)17)6-8-2-3-13-5-8/h7-8,13H,2-3,5-6H2,1H3/t8-/m0/s1. The summed E-state index contributed by atoms with van der Waals surface area (Å²) in [7, 11) is 1.40. The summed E-state index contributed by atoms with van der Waals surface area (Å²) in [5, 5.41) is 12.0. The van der Waals surface area contributed by atoms with Crippen molar-refractivity contribution in [3.05, 3.63) is 32.6 Å². The molecule has 1 saturated heterocycles. The second-order valence-electron chi connectivity index (χ2n) is 4.31. The van der Waals surface area contributed by atoms with Gasteiger partial charge in [0.2, 0.25) is 0 Å². The van der Waals surface area contributed by atoms with Crippen LogP contribution < -0.4 is 16.6 Å². The van der Waals surface area contributed by atoms with Crippen LogP contribution in [0.15, 0.2) is 15.8 Å². The maximum absolute atomic E-state index is 11.8. The summed E-state index contributed by atoms with van der Waals surface area (Å²) in [4.78, 5) is 23.4. The van der Waals surface area contributed by atoms with Crippen LogP contribution >= 0.6 is 0 Å². The predicted molar refractivity (Wildman–Crippen MR) is 61.6 cm³/mol. The van der Waals surface area contributed by atoms with Crippen LogP contribution in [0.5, 0.6) is 0 Å². The number of hydrogen-bond donors (Lipinski definition) is 1. The Morgan fingerprint density at radius 3 is 2.94 bits per heavy atom. The average Bonchev–Trinajstić information content (AvgIpc) is 2.83. The summed E-state index contributed by atoms with van der Waals surface area (Å²) in [6, 6.07) is 1.82. The van der Waals surface area contributed by atoms with Crippen molar-refractivity contribution in [2.45, 2.75) is 13.0 Å². The molecule has 1 aromatic heterocycles. The second kappa shape index (κ2) is 4.55. The monoisotopic (exact) mass is 234 g/mol. The normalized spacial score (nSPS) is 19.2. The molecule has 2 rings (SSSR count). The van der Waals surface area contributed by atoms with Crippen LogP contribution in [0.4, 0.5) is 0 Å². The first-order valence-corrected chi connectivity index (χ1v) is 5.54. The molecule has 6 heteroatoms. The predicted octanol–water partition coefficient (Wildman–Crippen LogP) is -0.972. The molecule has 17 heavy (non-hydrogen) atoms. The van der Waals surface area contributed by atoms with E-state index in [1.54, 1.807) is 0 Å². The number of nitrogens with one attached hydrogen (secondary N) is 1. The smallest absolute Gasteiger partial charge is 0.316 e. The minimum absolute atomic E-state index is 0.0121. The van der Waals surface area contributed by atoms with Crippen LogP contribution in [0, 0.1) is 17.2 Å². The molecular formula is C11H14N4O2. The quantitative estimate of drug-likeness (QED) is 0.714. The van der Waals surface area contributed by atoms with E-state index in [2.05, 4.69) is 5.32 Å². The Kier molecular flexibility index (Phi) is 3.11. The molecule has 0 amide bonds. The summed E-state index contributed by atoms with van der Waals surface area (Å²) in [5.74, 6) is 0.386. The largest absolute Gasteiger partial charge is 0.330 e. The molecule has 90 valence electrons. The maximum Gasteiger partial charge on any atom is 0.330 e. The van der Waals surface area contributed by atoms with Gasteiger partial charge in [0, 0.05) is 19.8 Å². The van der Waals surface area contributed by atoms with Crippen molar-refractivity contribution in [3.8, 4) is 6.07 Å². The SMILES string of the molecule is Cn1c(=O)c(C#N)cn(C[C@H]2CCNC2)c1=O. The van der Waals surface area contributed by atoms with Crippen molar-refractivity contribution in [1.82, 2.24) is 14.5 Å². The Hall–Kier alpha value is -1.87. The van der Waals surface area contributed by atoms with Gasteiger partial charge < -0.3 is 5.32 Å². The maximum atomic E-state index is 11.8. The van der Waals surface area contributed by atoms with E-state index in [0.717, 1.165) is 24.1 Å². The summed E-state index contributed by atoms with van der Waals surface area (Å²) >= 11 is 0. The minimum atomic E-state index is -0.529. The van der Waals surface area contributed by atoms with Gasteiger partial charge in [0.1, 0.15) is 11.6 Å². The lowest BCUT2D eigenvalue weighted by atomic mass is 10.1. The molecule has 0 bridgehead atoms. The van der Waals surface area contributed by atoms with E-state index >= 15 is 0 Å². The highest BCUT2D eigenvalue weighted by Crippen LogP contribution is 2.08. The minimum Gasteiger partial charge on any atom is -0.316 e. The summed E-state index contributed by atoms with van der Waals surface area (Å²) < 4.78 is 2.44. The van der Waals surface area contributed by atoms with Crippen molar-refractivity contribution in [1.29, 1.82) is 5.26 Å². The van der Waals surface area contributed by atoms with E-state index in [1.807, 2.05) is 6.07 Å². The van der Waals surface area contributed by atoms with Crippen LogP contribution in [0.3, 0.4) is 0 Å². The Morgan fingerprint density at radius 2 is 2.35 bits per heavy atom. The van der Waals surface area contributed by atoms with Gasteiger partial charge in [-0.05, 0) is 25.4 Å². The zero-order valence-electron chi connectivity index (χ0n) is 9.64. The number of rotatable bonds is 2. The molecule has 2 heterocycles. The Labute approximate surface area is 98.1 Å². The van der Waals surface area contributed by atoms with Crippen LogP contribution in [0.2, 0.25) is 0 Å². The Bertz CT molecular complexity index is 573. The van der Waals surface area contributed by atoms with E-state index in [4.69, 9.17) is 5.26 Å². The van der Waals surface area contributed by atoms with Crippen LogP contribution in [-0.2, 0) is 13.6 Å². The van der Waals surface area contributed by atoms with Gasteiger partial charge in [-0.15, -0.1) is 0 Å². The molecular weight excluding hydrogens is 220 g/mol. The molecule has 0 saturated carbocycles. The molecule has 1 aliphatic heterocycles. The zero-order chi connectivity index (χ0) is 12.4. The lowest BCUT2D eigenvalue weighted by Crippen LogP contribution is -2.40. The molecule has 1 aliphatic rings. The topological polar surface area (TPSA) is 79.8 Å². The summed E-state index contributed by atoms with van der Waals surface area (Å²) in [5.41, 5.74) is -0.878. The van der Waals surface area contributed by atoms with Gasteiger partial charge in [-0.3, -0.25) is 13.9 Å². The third-order valence-electron chi connectivity index (χ3n) is 3.09. The van der Waals surface area contributed by atoms with Crippen molar-refractivity contribution in [3.63, 3.8) is 0 Å². The van der Waals surface area contributed by atoms with E-state index in [9.17, 15) is 9.59 Å². The first-order chi connectivity index (χ1) is 8.13. The molecule has 1 fully saturated rings. The molecule has 0 spiro atoms. The van der Waals surface area contributed by atoms with Gasteiger partial charge in [0.05, 0.1) is 0 Å². The third kappa shape index (κ3) is 2.15. The van der Waals surface area contributed by atoms with Crippen LogP contribution in [0.25, 0.3) is 0 Å². The first kappa shape index (κ1) is 11.6. The number of nitriles is 1. The fraction of sp³-hybridized carbons (Fsp3) is 0.545. The number of hydrogen-bond acceptors (Lipinski definition) is 4. The molecule has 1 atom stereocenters. The number of aromatic nitrogens is 2. The van der Waals surface area contributed by atoms with E-state index in [1.165, 1.54) is 17.8 Å². The van der Waals surface area contributed by atoms with Crippen molar-refractivity contribution in [2.24, 2.45) is 13.0 Å². The van der Waals surface area contributed by atoms with Gasteiger partial charge in [0.25, 0.3) is 5.56 Å². The Morgan fingerprint density at radius 1 is 1.59 bits per heavy atom. The molecule has 1 aromatic rings. The van der Waals surface area contributed by atoms with Gasteiger partial charge in [0.15, 0.2) is 0 Å². The van der Waals surface area contributed by atoms with Gasteiger partial charge in [-0.1, -0.05) is 0 Å². The second-order valence-corrected chi connectivity index (χ2v) is 4.31. The van der Waals surface area contributed by atoms with E-state index in [0.29, 0.717) is 12.5 Å². The highest BCUT2D eigenvalue weighted by molar-refractivity contribution is 5.22. The zero-order valence-corrected chi connectivity index (χ0v) is 9.64. The number of nitrogens with zero attached hydrogens (tertiary/aromatic N) is 3.